The van der Waals surface area contributed by atoms with Crippen LogP contribution in [0.1, 0.15) is 43.1 Å². The molecular weight excluding hydrogens is 462 g/mol. The predicted molar refractivity (Wildman–Crippen MR) is 125 cm³/mol. The van der Waals surface area contributed by atoms with E-state index in [2.05, 4.69) is 25.3 Å². The number of aromatic nitrogens is 1. The highest BCUT2D eigenvalue weighted by Gasteiger charge is 2.18. The van der Waals surface area contributed by atoms with Crippen molar-refractivity contribution in [1.82, 2.24) is 9.71 Å². The van der Waals surface area contributed by atoms with E-state index in [1.807, 2.05) is 0 Å². The molecule has 2 aromatic rings. The molecule has 34 heavy (non-hydrogen) atoms. The van der Waals surface area contributed by atoms with E-state index >= 15 is 0 Å². The summed E-state index contributed by atoms with van der Waals surface area (Å²) in [5.74, 6) is -1.27. The van der Waals surface area contributed by atoms with Crippen molar-refractivity contribution in [3.8, 4) is 0 Å². The van der Waals surface area contributed by atoms with Gasteiger partial charge in [-0.25, -0.2) is 18.2 Å². The van der Waals surface area contributed by atoms with Crippen LogP contribution in [0.4, 0.5) is 11.5 Å². The number of nitrogens with one attached hydrogen (secondary N) is 3. The minimum absolute atomic E-state index is 0.0340. The normalized spacial score (nSPS) is 13.7. The zero-order valence-corrected chi connectivity index (χ0v) is 19.4. The van der Waals surface area contributed by atoms with Gasteiger partial charge >= 0.3 is 5.97 Å². The number of amides is 2. The molecule has 0 aliphatic carbocycles. The van der Waals surface area contributed by atoms with Gasteiger partial charge in [-0.05, 0) is 43.2 Å². The maximum absolute atomic E-state index is 12.7. The van der Waals surface area contributed by atoms with E-state index in [4.69, 9.17) is 4.74 Å². The average Bonchev–Trinajstić information content (AvgIpc) is 3.05. The number of nitrogens with zero attached hydrogens (tertiary/aromatic N) is 2. The van der Waals surface area contributed by atoms with Crippen LogP contribution in [-0.2, 0) is 24.3 Å². The predicted octanol–water partition coefficient (Wildman–Crippen LogP) is 2.09. The monoisotopic (exact) mass is 487 g/mol. The van der Waals surface area contributed by atoms with Crippen molar-refractivity contribution in [3.05, 3.63) is 48.2 Å². The van der Waals surface area contributed by atoms with Crippen molar-refractivity contribution in [2.45, 2.75) is 37.5 Å². The van der Waals surface area contributed by atoms with Crippen molar-refractivity contribution in [1.29, 1.82) is 0 Å². The van der Waals surface area contributed by atoms with Crippen LogP contribution in [0.2, 0.25) is 0 Å². The first-order valence-corrected chi connectivity index (χ1v) is 12.1. The summed E-state index contributed by atoms with van der Waals surface area (Å²) >= 11 is 0. The molecule has 0 atom stereocenters. The number of benzene rings is 1. The Hall–Kier alpha value is -3.80. The molecule has 0 bridgehead atoms. The number of ether oxygens (including phenoxy) is 1. The summed E-state index contributed by atoms with van der Waals surface area (Å²) in [4.78, 5) is 43.7. The standard InChI is InChI=1S/C22H25N5O6S/c1-15(28)24-20-11-6-9-18(26-20)22(30)33-14-21(29)25-16-7-5-8-17(13-16)34(31,32)27-19-10-3-2-4-12-23-19/h5-9,11,13H,2-4,10,12,14H2,1H3,(H,23,27)(H,25,29)(H,24,26,28). The number of hydrogen-bond donors (Lipinski definition) is 3. The topological polar surface area (TPSA) is 156 Å². The maximum atomic E-state index is 12.7. The van der Waals surface area contributed by atoms with Gasteiger partial charge in [0.2, 0.25) is 5.91 Å². The highest BCUT2D eigenvalue weighted by atomic mass is 32.2. The second-order valence-electron chi connectivity index (χ2n) is 7.49. The van der Waals surface area contributed by atoms with Crippen LogP contribution in [0, 0.1) is 0 Å². The van der Waals surface area contributed by atoms with Crippen molar-refractivity contribution in [2.75, 3.05) is 23.8 Å². The first kappa shape index (κ1) is 24.8. The smallest absolute Gasteiger partial charge is 0.357 e. The molecule has 0 spiro atoms. The molecule has 1 aliphatic heterocycles. The van der Waals surface area contributed by atoms with Crippen LogP contribution in [0.5, 0.6) is 0 Å². The lowest BCUT2D eigenvalue weighted by atomic mass is 10.2. The summed E-state index contributed by atoms with van der Waals surface area (Å²) in [5, 5.41) is 4.94. The van der Waals surface area contributed by atoms with Gasteiger partial charge in [-0.15, -0.1) is 0 Å². The Morgan fingerprint density at radius 2 is 1.82 bits per heavy atom. The third-order valence-corrected chi connectivity index (χ3v) is 6.03. The van der Waals surface area contributed by atoms with E-state index in [0.29, 0.717) is 18.8 Å². The van der Waals surface area contributed by atoms with Crippen molar-refractivity contribution in [2.24, 2.45) is 4.99 Å². The second kappa shape index (κ2) is 11.4. The summed E-state index contributed by atoms with van der Waals surface area (Å²) in [6.45, 7) is 1.27. The lowest BCUT2D eigenvalue weighted by Gasteiger charge is -2.11. The number of sulfonamides is 1. The Morgan fingerprint density at radius 3 is 2.62 bits per heavy atom. The van der Waals surface area contributed by atoms with Gasteiger partial charge in [-0.2, -0.15) is 0 Å². The number of hydrogen-bond acceptors (Lipinski definition) is 8. The van der Waals surface area contributed by atoms with Crippen LogP contribution in [0.3, 0.4) is 0 Å². The van der Waals surface area contributed by atoms with Crippen LogP contribution < -0.4 is 15.4 Å². The molecule has 0 saturated carbocycles. The zero-order valence-electron chi connectivity index (χ0n) is 18.5. The maximum Gasteiger partial charge on any atom is 0.357 e. The highest BCUT2D eigenvalue weighted by molar-refractivity contribution is 7.90. The molecule has 1 aromatic carbocycles. The number of anilines is 2. The minimum atomic E-state index is -3.86. The van der Waals surface area contributed by atoms with Crippen molar-refractivity contribution >= 4 is 45.1 Å². The van der Waals surface area contributed by atoms with E-state index in [0.717, 1.165) is 19.3 Å². The minimum Gasteiger partial charge on any atom is -0.451 e. The number of carbonyl (C=O) groups excluding carboxylic acids is 3. The summed E-state index contributed by atoms with van der Waals surface area (Å²) in [7, 11) is -3.86. The van der Waals surface area contributed by atoms with Crippen LogP contribution >= 0.6 is 0 Å². The number of aliphatic imine (C=N–C) groups is 1. The first-order valence-electron chi connectivity index (χ1n) is 10.6. The van der Waals surface area contributed by atoms with Gasteiger partial charge in [0.25, 0.3) is 15.9 Å². The van der Waals surface area contributed by atoms with E-state index in [1.54, 1.807) is 0 Å². The van der Waals surface area contributed by atoms with Gasteiger partial charge in [0, 0.05) is 25.6 Å². The van der Waals surface area contributed by atoms with Gasteiger partial charge in [0.05, 0.1) is 4.90 Å². The Labute approximate surface area is 197 Å². The quantitative estimate of drug-likeness (QED) is 0.505. The molecule has 0 unspecified atom stereocenters. The van der Waals surface area contributed by atoms with Gasteiger partial charge in [-0.1, -0.05) is 18.6 Å². The summed E-state index contributed by atoms with van der Waals surface area (Å²) in [6, 6.07) is 10.1. The third-order valence-electron chi connectivity index (χ3n) is 4.65. The Morgan fingerprint density at radius 1 is 1.03 bits per heavy atom. The van der Waals surface area contributed by atoms with Gasteiger partial charge in [-0.3, -0.25) is 19.3 Å². The number of carbonyl (C=O) groups is 3. The number of pyridine rings is 1. The molecule has 2 heterocycles. The van der Waals surface area contributed by atoms with Crippen molar-refractivity contribution in [3.63, 3.8) is 0 Å². The third kappa shape index (κ3) is 7.37. The molecule has 11 nitrogen and oxygen atoms in total. The molecule has 3 N–H and O–H groups in total. The Kier molecular flexibility index (Phi) is 8.30. The Bertz CT molecular complexity index is 1210. The summed E-state index contributed by atoms with van der Waals surface area (Å²) < 4.78 is 32.9. The van der Waals surface area contributed by atoms with E-state index in [-0.39, 0.29) is 28.0 Å². The number of rotatable bonds is 7. The summed E-state index contributed by atoms with van der Waals surface area (Å²) in [5.41, 5.74) is 0.136. The molecule has 1 aromatic heterocycles. The molecule has 0 radical (unpaired) electrons. The number of esters is 1. The van der Waals surface area contributed by atoms with E-state index in [1.165, 1.54) is 49.4 Å². The van der Waals surface area contributed by atoms with Crippen LogP contribution in [-0.4, -0.2) is 50.2 Å². The molecule has 2 amide bonds. The Balaban J connectivity index is 1.58. The van der Waals surface area contributed by atoms with E-state index < -0.39 is 28.5 Å². The lowest BCUT2D eigenvalue weighted by molar-refractivity contribution is -0.119. The number of amidine groups is 1. The molecule has 3 rings (SSSR count). The first-order chi connectivity index (χ1) is 16.2. The lowest BCUT2D eigenvalue weighted by Crippen LogP contribution is -2.30. The van der Waals surface area contributed by atoms with Crippen LogP contribution in [0.15, 0.2) is 52.4 Å². The summed E-state index contributed by atoms with van der Waals surface area (Å²) in [6.07, 6.45) is 3.35. The fraction of sp³-hybridized carbons (Fsp3) is 0.318. The largest absolute Gasteiger partial charge is 0.451 e. The molecule has 0 saturated heterocycles. The molecule has 12 heteroatoms. The SMILES string of the molecule is CC(=O)Nc1cccc(C(=O)OCC(=O)Nc2cccc(S(=O)(=O)NC3=NCCCCC3)c2)n1. The molecule has 1 aliphatic rings. The van der Waals surface area contributed by atoms with Crippen LogP contribution in [0.25, 0.3) is 0 Å². The fourth-order valence-electron chi connectivity index (χ4n) is 3.11. The zero-order chi connectivity index (χ0) is 24.6. The molecular formula is C22H25N5O6S. The highest BCUT2D eigenvalue weighted by Crippen LogP contribution is 2.17. The van der Waals surface area contributed by atoms with Gasteiger partial charge in [0.15, 0.2) is 12.3 Å². The molecule has 0 fully saturated rings. The average molecular weight is 488 g/mol. The molecule has 180 valence electrons. The van der Waals surface area contributed by atoms with Gasteiger partial charge < -0.3 is 15.4 Å². The second-order valence-corrected chi connectivity index (χ2v) is 9.17. The fourth-order valence-corrected chi connectivity index (χ4v) is 4.25. The van der Waals surface area contributed by atoms with E-state index in [9.17, 15) is 22.8 Å². The van der Waals surface area contributed by atoms with Crippen molar-refractivity contribution < 1.29 is 27.5 Å². The van der Waals surface area contributed by atoms with Gasteiger partial charge in [0.1, 0.15) is 11.7 Å².